The van der Waals surface area contributed by atoms with Crippen molar-refractivity contribution < 1.29 is 14.3 Å². The van der Waals surface area contributed by atoms with Crippen molar-refractivity contribution in [1.82, 2.24) is 15.5 Å². The Morgan fingerprint density at radius 2 is 2.28 bits per heavy atom. The fraction of sp³-hybridized carbons (Fsp3) is 0.833. The number of amides is 2. The van der Waals surface area contributed by atoms with E-state index in [1.54, 1.807) is 11.9 Å². The maximum Gasteiger partial charge on any atom is 0.244 e. The van der Waals surface area contributed by atoms with Crippen LogP contribution < -0.4 is 10.6 Å². The molecule has 102 valence electrons. The zero-order valence-corrected chi connectivity index (χ0v) is 10.9. The molecule has 2 rings (SSSR count). The van der Waals surface area contributed by atoms with Gasteiger partial charge in [-0.2, -0.15) is 0 Å². The van der Waals surface area contributed by atoms with E-state index in [0.717, 1.165) is 6.54 Å². The first kappa shape index (κ1) is 13.3. The van der Waals surface area contributed by atoms with Crippen molar-refractivity contribution in [3.05, 3.63) is 0 Å². The van der Waals surface area contributed by atoms with E-state index in [9.17, 15) is 9.59 Å². The van der Waals surface area contributed by atoms with Gasteiger partial charge >= 0.3 is 0 Å². The van der Waals surface area contributed by atoms with Crippen LogP contribution in [0.25, 0.3) is 0 Å². The van der Waals surface area contributed by atoms with E-state index in [4.69, 9.17) is 4.74 Å². The molecule has 0 spiro atoms. The topological polar surface area (TPSA) is 70.7 Å². The summed E-state index contributed by atoms with van der Waals surface area (Å²) in [6.07, 6.45) is 0.695. The van der Waals surface area contributed by atoms with Crippen LogP contribution in [-0.2, 0) is 14.3 Å². The molecule has 0 aliphatic carbocycles. The van der Waals surface area contributed by atoms with Gasteiger partial charge in [-0.3, -0.25) is 9.59 Å². The minimum atomic E-state index is -0.356. The lowest BCUT2D eigenvalue weighted by atomic mass is 10.0. The van der Waals surface area contributed by atoms with Gasteiger partial charge in [-0.25, -0.2) is 0 Å². The highest BCUT2D eigenvalue weighted by Crippen LogP contribution is 2.16. The smallest absolute Gasteiger partial charge is 0.244 e. The average molecular weight is 255 g/mol. The lowest BCUT2D eigenvalue weighted by Gasteiger charge is -2.20. The van der Waals surface area contributed by atoms with Crippen molar-refractivity contribution in [2.75, 3.05) is 33.4 Å². The summed E-state index contributed by atoms with van der Waals surface area (Å²) in [6.45, 7) is 4.51. The van der Waals surface area contributed by atoms with E-state index in [-0.39, 0.29) is 29.8 Å². The molecule has 0 saturated carbocycles. The van der Waals surface area contributed by atoms with Gasteiger partial charge in [-0.05, 0) is 13.0 Å². The van der Waals surface area contributed by atoms with Crippen LogP contribution in [0, 0.1) is 5.92 Å². The highest BCUT2D eigenvalue weighted by Gasteiger charge is 2.37. The number of likely N-dealkylation sites (tertiary alicyclic amines) is 1. The summed E-state index contributed by atoms with van der Waals surface area (Å²) in [6, 6.07) is -0.297. The normalized spacial score (nSPS) is 32.0. The van der Waals surface area contributed by atoms with Crippen LogP contribution in [0.4, 0.5) is 0 Å². The Kier molecular flexibility index (Phi) is 4.19. The first-order valence-corrected chi connectivity index (χ1v) is 6.50. The lowest BCUT2D eigenvalue weighted by molar-refractivity contribution is -0.133. The van der Waals surface area contributed by atoms with Gasteiger partial charge in [0.25, 0.3) is 0 Å². The monoisotopic (exact) mass is 255 g/mol. The molecule has 3 unspecified atom stereocenters. The minimum absolute atomic E-state index is 0.00210. The number of nitrogens with zero attached hydrogens (tertiary/aromatic N) is 1. The van der Waals surface area contributed by atoms with Gasteiger partial charge in [-0.15, -0.1) is 0 Å². The number of carbonyl (C=O) groups excluding carboxylic acids is 2. The molecule has 2 N–H and O–H groups in total. The SMILES string of the molecule is CCNC1COCC1C(=O)NC1CCN(C)C1=O. The van der Waals surface area contributed by atoms with Crippen molar-refractivity contribution in [3.63, 3.8) is 0 Å². The van der Waals surface area contributed by atoms with Gasteiger partial charge in [0, 0.05) is 19.6 Å². The molecule has 0 bridgehead atoms. The number of carbonyl (C=O) groups is 2. The molecular weight excluding hydrogens is 234 g/mol. The number of ether oxygens (including phenoxy) is 1. The average Bonchev–Trinajstić information content (AvgIpc) is 2.92. The maximum atomic E-state index is 12.1. The predicted molar refractivity (Wildman–Crippen MR) is 66.0 cm³/mol. The van der Waals surface area contributed by atoms with Crippen molar-refractivity contribution >= 4 is 11.8 Å². The zero-order chi connectivity index (χ0) is 13.1. The fourth-order valence-corrected chi connectivity index (χ4v) is 2.51. The quantitative estimate of drug-likeness (QED) is 0.673. The third-order valence-electron chi connectivity index (χ3n) is 3.63. The third kappa shape index (κ3) is 2.64. The summed E-state index contributed by atoms with van der Waals surface area (Å²) in [7, 11) is 1.76. The summed E-state index contributed by atoms with van der Waals surface area (Å²) in [4.78, 5) is 25.5. The second-order valence-electron chi connectivity index (χ2n) is 4.92. The molecular formula is C12H21N3O3. The minimum Gasteiger partial charge on any atom is -0.379 e. The van der Waals surface area contributed by atoms with E-state index in [2.05, 4.69) is 10.6 Å². The van der Waals surface area contributed by atoms with E-state index in [1.807, 2.05) is 6.92 Å². The number of rotatable bonds is 4. The lowest BCUT2D eigenvalue weighted by Crippen LogP contribution is -2.48. The molecule has 2 amide bonds. The number of likely N-dealkylation sites (N-methyl/N-ethyl adjacent to an activating group) is 2. The van der Waals surface area contributed by atoms with Crippen LogP contribution >= 0.6 is 0 Å². The Morgan fingerprint density at radius 1 is 1.50 bits per heavy atom. The largest absolute Gasteiger partial charge is 0.379 e. The fourth-order valence-electron chi connectivity index (χ4n) is 2.51. The van der Waals surface area contributed by atoms with Gasteiger partial charge in [0.05, 0.1) is 19.1 Å². The van der Waals surface area contributed by atoms with Gasteiger partial charge < -0.3 is 20.3 Å². The van der Waals surface area contributed by atoms with Gasteiger partial charge in [-0.1, -0.05) is 6.92 Å². The second-order valence-corrected chi connectivity index (χ2v) is 4.92. The Balaban J connectivity index is 1.89. The zero-order valence-electron chi connectivity index (χ0n) is 10.9. The second kappa shape index (κ2) is 5.67. The number of hydrogen-bond donors (Lipinski definition) is 2. The molecule has 0 radical (unpaired) electrons. The van der Waals surface area contributed by atoms with Crippen LogP contribution in [-0.4, -0.2) is 62.1 Å². The van der Waals surface area contributed by atoms with Crippen LogP contribution in [0.1, 0.15) is 13.3 Å². The van der Waals surface area contributed by atoms with Gasteiger partial charge in [0.15, 0.2) is 0 Å². The highest BCUT2D eigenvalue weighted by molar-refractivity contribution is 5.90. The molecule has 0 aromatic rings. The van der Waals surface area contributed by atoms with Crippen LogP contribution in [0.3, 0.4) is 0 Å². The van der Waals surface area contributed by atoms with E-state index in [0.29, 0.717) is 26.2 Å². The Labute approximate surface area is 107 Å². The molecule has 0 aromatic heterocycles. The Hall–Kier alpha value is -1.14. The van der Waals surface area contributed by atoms with E-state index < -0.39 is 0 Å². The first-order chi connectivity index (χ1) is 8.63. The maximum absolute atomic E-state index is 12.1. The molecule has 18 heavy (non-hydrogen) atoms. The number of nitrogens with one attached hydrogen (secondary N) is 2. The first-order valence-electron chi connectivity index (χ1n) is 6.50. The summed E-state index contributed by atoms with van der Waals surface area (Å²) in [5.74, 6) is -0.266. The van der Waals surface area contributed by atoms with Crippen molar-refractivity contribution in [1.29, 1.82) is 0 Å². The Morgan fingerprint density at radius 3 is 2.89 bits per heavy atom. The van der Waals surface area contributed by atoms with Crippen molar-refractivity contribution in [3.8, 4) is 0 Å². The molecule has 2 aliphatic rings. The third-order valence-corrected chi connectivity index (χ3v) is 3.63. The van der Waals surface area contributed by atoms with Gasteiger partial charge in [0.1, 0.15) is 6.04 Å². The van der Waals surface area contributed by atoms with E-state index >= 15 is 0 Å². The molecule has 3 atom stereocenters. The van der Waals surface area contributed by atoms with Crippen LogP contribution in [0.2, 0.25) is 0 Å². The molecule has 2 heterocycles. The Bertz CT molecular complexity index is 335. The summed E-state index contributed by atoms with van der Waals surface area (Å²) in [5, 5.41) is 6.08. The summed E-state index contributed by atoms with van der Waals surface area (Å²) < 4.78 is 5.34. The molecule has 2 aliphatic heterocycles. The van der Waals surface area contributed by atoms with Crippen molar-refractivity contribution in [2.24, 2.45) is 5.92 Å². The van der Waals surface area contributed by atoms with Crippen LogP contribution in [0.15, 0.2) is 0 Å². The predicted octanol–water partition coefficient (Wildman–Crippen LogP) is -1.04. The molecule has 2 fully saturated rings. The standard InChI is InChI=1S/C12H21N3O3/c1-3-13-10-7-18-6-8(10)11(16)14-9-4-5-15(2)12(9)17/h8-10,13H,3-7H2,1-2H3,(H,14,16). The molecule has 6 nitrogen and oxygen atoms in total. The molecule has 0 aromatic carbocycles. The highest BCUT2D eigenvalue weighted by atomic mass is 16.5. The van der Waals surface area contributed by atoms with Gasteiger partial charge in [0.2, 0.25) is 11.8 Å². The van der Waals surface area contributed by atoms with Crippen LogP contribution in [0.5, 0.6) is 0 Å². The van der Waals surface area contributed by atoms with Crippen molar-refractivity contribution in [2.45, 2.75) is 25.4 Å². The van der Waals surface area contributed by atoms with E-state index in [1.165, 1.54) is 0 Å². The molecule has 6 heteroatoms. The summed E-state index contributed by atoms with van der Waals surface area (Å²) in [5.41, 5.74) is 0. The molecule has 2 saturated heterocycles. The number of hydrogen-bond acceptors (Lipinski definition) is 4. The summed E-state index contributed by atoms with van der Waals surface area (Å²) >= 11 is 0.